The molecule has 15 heavy (non-hydrogen) atoms. The first-order valence-corrected chi connectivity index (χ1v) is 6.07. The summed E-state index contributed by atoms with van der Waals surface area (Å²) in [5, 5.41) is 9.87. The summed E-state index contributed by atoms with van der Waals surface area (Å²) in [5.74, 6) is 1.42. The van der Waals surface area contributed by atoms with Crippen LogP contribution in [-0.2, 0) is 0 Å². The van der Waals surface area contributed by atoms with Gasteiger partial charge in [-0.25, -0.2) is 0 Å². The molecule has 1 saturated carbocycles. The van der Waals surface area contributed by atoms with Gasteiger partial charge in [-0.3, -0.25) is 0 Å². The third-order valence-corrected chi connectivity index (χ3v) is 3.68. The third-order valence-electron chi connectivity index (χ3n) is 3.68. The Labute approximate surface area is 93.9 Å². The lowest BCUT2D eigenvalue weighted by Crippen LogP contribution is -2.18. The Kier molecular flexibility index (Phi) is 4.59. The number of aliphatic hydroxyl groups is 1. The molecule has 0 aromatic heterocycles. The van der Waals surface area contributed by atoms with Crippen molar-refractivity contribution in [2.45, 2.75) is 45.6 Å². The van der Waals surface area contributed by atoms with E-state index in [9.17, 15) is 5.11 Å². The van der Waals surface area contributed by atoms with Crippen molar-refractivity contribution in [3.05, 3.63) is 24.8 Å². The van der Waals surface area contributed by atoms with Crippen LogP contribution in [0.15, 0.2) is 24.8 Å². The molecular weight excluding hydrogens is 184 g/mol. The Balaban J connectivity index is 2.58. The lowest BCUT2D eigenvalue weighted by Gasteiger charge is -2.22. The zero-order valence-corrected chi connectivity index (χ0v) is 10.1. The number of allylic oxidation sites excluding steroid dienone is 1. The molecule has 1 unspecified atom stereocenters. The largest absolute Gasteiger partial charge is 0.392 e. The van der Waals surface area contributed by atoms with E-state index in [0.29, 0.717) is 11.8 Å². The van der Waals surface area contributed by atoms with Gasteiger partial charge in [-0.15, -0.1) is 6.58 Å². The lowest BCUT2D eigenvalue weighted by atomic mass is 9.84. The molecule has 1 heteroatoms. The van der Waals surface area contributed by atoms with Crippen molar-refractivity contribution in [2.24, 2.45) is 17.8 Å². The van der Waals surface area contributed by atoms with Crippen molar-refractivity contribution in [1.82, 2.24) is 0 Å². The molecule has 86 valence electrons. The zero-order chi connectivity index (χ0) is 11.4. The second kappa shape index (κ2) is 5.50. The molecule has 1 aliphatic rings. The summed E-state index contributed by atoms with van der Waals surface area (Å²) in [4.78, 5) is 0. The van der Waals surface area contributed by atoms with Crippen LogP contribution in [0.1, 0.15) is 39.5 Å². The summed E-state index contributed by atoms with van der Waals surface area (Å²) < 4.78 is 0. The molecule has 1 rings (SSSR count). The maximum absolute atomic E-state index is 9.87. The number of rotatable bonds is 5. The van der Waals surface area contributed by atoms with Gasteiger partial charge in [0.1, 0.15) is 0 Å². The van der Waals surface area contributed by atoms with Crippen LogP contribution in [0.3, 0.4) is 0 Å². The minimum Gasteiger partial charge on any atom is -0.392 e. The number of hydrogen-bond donors (Lipinski definition) is 1. The summed E-state index contributed by atoms with van der Waals surface area (Å²) in [6.07, 6.45) is 6.00. The first kappa shape index (κ1) is 12.5. The molecular formula is C14H24O. The highest BCUT2D eigenvalue weighted by atomic mass is 16.3. The van der Waals surface area contributed by atoms with Gasteiger partial charge in [0.2, 0.25) is 0 Å². The summed E-state index contributed by atoms with van der Waals surface area (Å²) in [6, 6.07) is 0. The fourth-order valence-electron chi connectivity index (χ4n) is 2.84. The Hall–Kier alpha value is -0.560. The van der Waals surface area contributed by atoms with Crippen molar-refractivity contribution in [1.29, 1.82) is 0 Å². The molecule has 0 heterocycles. The minimum absolute atomic E-state index is 0.183. The summed E-state index contributed by atoms with van der Waals surface area (Å²) >= 11 is 0. The Morgan fingerprint density at radius 2 is 2.20 bits per heavy atom. The number of aliphatic hydroxyl groups excluding tert-OH is 1. The smallest absolute Gasteiger partial charge is 0.0608 e. The van der Waals surface area contributed by atoms with Gasteiger partial charge in [-0.05, 0) is 31.1 Å². The van der Waals surface area contributed by atoms with E-state index < -0.39 is 0 Å². The van der Waals surface area contributed by atoms with E-state index in [1.54, 1.807) is 0 Å². The molecule has 1 N–H and O–H groups in total. The maximum Gasteiger partial charge on any atom is 0.0608 e. The van der Waals surface area contributed by atoms with E-state index in [-0.39, 0.29) is 12.0 Å². The SMILES string of the molecule is C=CC1[C@H](O)C[C@H](C)[C@@H]1CC(=C)CCC. The molecule has 0 amide bonds. The molecule has 0 aliphatic heterocycles. The van der Waals surface area contributed by atoms with Gasteiger partial charge < -0.3 is 5.11 Å². The minimum atomic E-state index is -0.183. The van der Waals surface area contributed by atoms with Gasteiger partial charge in [-0.1, -0.05) is 38.5 Å². The second-order valence-electron chi connectivity index (χ2n) is 4.96. The Morgan fingerprint density at radius 1 is 1.53 bits per heavy atom. The van der Waals surface area contributed by atoms with Crippen LogP contribution in [0.5, 0.6) is 0 Å². The molecule has 0 radical (unpaired) electrons. The van der Waals surface area contributed by atoms with Gasteiger partial charge in [0.15, 0.2) is 0 Å². The van der Waals surface area contributed by atoms with Crippen LogP contribution in [0.25, 0.3) is 0 Å². The molecule has 0 aromatic carbocycles. The highest BCUT2D eigenvalue weighted by Gasteiger charge is 2.38. The molecule has 4 atom stereocenters. The summed E-state index contributed by atoms with van der Waals surface area (Å²) in [5.41, 5.74) is 1.33. The van der Waals surface area contributed by atoms with Crippen molar-refractivity contribution in [3.63, 3.8) is 0 Å². The normalized spacial score (nSPS) is 35.4. The van der Waals surface area contributed by atoms with Crippen molar-refractivity contribution < 1.29 is 5.11 Å². The van der Waals surface area contributed by atoms with Crippen LogP contribution >= 0.6 is 0 Å². The van der Waals surface area contributed by atoms with Crippen molar-refractivity contribution >= 4 is 0 Å². The lowest BCUT2D eigenvalue weighted by molar-refractivity contribution is 0.141. The van der Waals surface area contributed by atoms with Gasteiger partial charge in [0, 0.05) is 5.92 Å². The monoisotopic (exact) mass is 208 g/mol. The number of hydrogen-bond acceptors (Lipinski definition) is 1. The highest BCUT2D eigenvalue weighted by molar-refractivity contribution is 5.05. The quantitative estimate of drug-likeness (QED) is 0.685. The third kappa shape index (κ3) is 2.94. The standard InChI is InChI=1S/C14H24O/c1-5-7-10(3)8-13-11(4)9-14(15)12(13)6-2/h6,11-15H,2-3,5,7-9H2,1,4H3/t11-,12?,13-,14+/m0/s1. The first-order chi connectivity index (χ1) is 7.10. The zero-order valence-electron chi connectivity index (χ0n) is 10.1. The van der Waals surface area contributed by atoms with E-state index in [0.717, 1.165) is 19.3 Å². The van der Waals surface area contributed by atoms with Gasteiger partial charge >= 0.3 is 0 Å². The highest BCUT2D eigenvalue weighted by Crippen LogP contribution is 2.41. The molecule has 1 fully saturated rings. The molecule has 0 saturated heterocycles. The molecule has 1 aliphatic carbocycles. The van der Waals surface area contributed by atoms with E-state index in [2.05, 4.69) is 27.0 Å². The maximum atomic E-state index is 9.87. The van der Waals surface area contributed by atoms with E-state index in [1.807, 2.05) is 6.08 Å². The second-order valence-corrected chi connectivity index (χ2v) is 4.96. The van der Waals surface area contributed by atoms with Crippen LogP contribution in [0.4, 0.5) is 0 Å². The molecule has 0 bridgehead atoms. The van der Waals surface area contributed by atoms with E-state index in [1.165, 1.54) is 12.0 Å². The van der Waals surface area contributed by atoms with E-state index in [4.69, 9.17) is 0 Å². The van der Waals surface area contributed by atoms with E-state index >= 15 is 0 Å². The average Bonchev–Trinajstić information content (AvgIpc) is 2.42. The average molecular weight is 208 g/mol. The van der Waals surface area contributed by atoms with Crippen LogP contribution in [0, 0.1) is 17.8 Å². The first-order valence-electron chi connectivity index (χ1n) is 6.07. The molecule has 0 spiro atoms. The topological polar surface area (TPSA) is 20.2 Å². The fourth-order valence-corrected chi connectivity index (χ4v) is 2.84. The van der Waals surface area contributed by atoms with Gasteiger partial charge in [-0.2, -0.15) is 0 Å². The molecule has 0 aromatic rings. The van der Waals surface area contributed by atoms with Crippen molar-refractivity contribution in [3.8, 4) is 0 Å². The predicted octanol–water partition coefficient (Wildman–Crippen LogP) is 3.55. The molecule has 1 nitrogen and oxygen atoms in total. The predicted molar refractivity (Wildman–Crippen MR) is 65.6 cm³/mol. The van der Waals surface area contributed by atoms with Gasteiger partial charge in [0.05, 0.1) is 6.10 Å². The summed E-state index contributed by atoms with van der Waals surface area (Å²) in [6.45, 7) is 12.4. The Bertz CT molecular complexity index is 231. The van der Waals surface area contributed by atoms with Gasteiger partial charge in [0.25, 0.3) is 0 Å². The summed E-state index contributed by atoms with van der Waals surface area (Å²) in [7, 11) is 0. The van der Waals surface area contributed by atoms with Crippen LogP contribution in [-0.4, -0.2) is 11.2 Å². The van der Waals surface area contributed by atoms with Crippen LogP contribution in [0.2, 0.25) is 0 Å². The van der Waals surface area contributed by atoms with Crippen molar-refractivity contribution in [2.75, 3.05) is 0 Å². The Morgan fingerprint density at radius 3 is 2.73 bits per heavy atom. The fraction of sp³-hybridized carbons (Fsp3) is 0.714. The van der Waals surface area contributed by atoms with Crippen LogP contribution < -0.4 is 0 Å².